The summed E-state index contributed by atoms with van der Waals surface area (Å²) in [5.74, 6) is -0.117. The van der Waals surface area contributed by atoms with Gasteiger partial charge >= 0.3 is 5.97 Å². The largest absolute Gasteiger partial charge is 0.492 e. The van der Waals surface area contributed by atoms with Crippen LogP contribution in [-0.2, 0) is 9.59 Å². The molecule has 0 heterocycles. The Labute approximate surface area is 116 Å². The molecule has 0 aliphatic carbocycles. The molecule has 0 spiro atoms. The number of amides is 1. The molecule has 0 atom stereocenters. The van der Waals surface area contributed by atoms with Gasteiger partial charge in [0.15, 0.2) is 0 Å². The summed E-state index contributed by atoms with van der Waals surface area (Å²) in [4.78, 5) is 23.5. The number of carboxylic acid groups (broad SMARTS) is 1. The fourth-order valence-electron chi connectivity index (χ4n) is 1.28. The average Bonchev–Trinajstić information content (AvgIpc) is 2.39. The summed E-state index contributed by atoms with van der Waals surface area (Å²) in [5, 5.41) is 8.47. The molecule has 0 saturated heterocycles. The van der Waals surface area contributed by atoms with Crippen LogP contribution in [-0.4, -0.2) is 53.6 Å². The lowest BCUT2D eigenvalue weighted by Gasteiger charge is -2.17. The highest BCUT2D eigenvalue weighted by Crippen LogP contribution is 2.08. The number of aliphatic carboxylic acids is 1. The van der Waals surface area contributed by atoms with Gasteiger partial charge in [-0.15, -0.1) is 11.8 Å². The van der Waals surface area contributed by atoms with Gasteiger partial charge in [-0.05, 0) is 12.1 Å². The van der Waals surface area contributed by atoms with Crippen molar-refractivity contribution in [1.29, 1.82) is 0 Å². The van der Waals surface area contributed by atoms with Gasteiger partial charge in [0.1, 0.15) is 12.4 Å². The Morgan fingerprint density at radius 2 is 1.95 bits per heavy atom. The highest BCUT2D eigenvalue weighted by molar-refractivity contribution is 8.00. The summed E-state index contributed by atoms with van der Waals surface area (Å²) in [6.45, 7) is 0.886. The van der Waals surface area contributed by atoms with Crippen LogP contribution in [0.4, 0.5) is 0 Å². The number of likely N-dealkylation sites (N-methyl/N-ethyl adjacent to an activating group) is 1. The van der Waals surface area contributed by atoms with Crippen LogP contribution in [0.15, 0.2) is 30.3 Å². The van der Waals surface area contributed by atoms with E-state index in [2.05, 4.69) is 0 Å². The van der Waals surface area contributed by atoms with Crippen LogP contribution in [0.3, 0.4) is 0 Å². The molecule has 0 fully saturated rings. The normalized spacial score (nSPS) is 9.95. The number of hydrogen-bond donors (Lipinski definition) is 1. The van der Waals surface area contributed by atoms with Gasteiger partial charge in [-0.1, -0.05) is 18.2 Å². The molecule has 0 aliphatic heterocycles. The lowest BCUT2D eigenvalue weighted by atomic mass is 10.3. The van der Waals surface area contributed by atoms with E-state index in [0.29, 0.717) is 13.2 Å². The number of hydrogen-bond acceptors (Lipinski definition) is 4. The van der Waals surface area contributed by atoms with Crippen molar-refractivity contribution in [3.8, 4) is 5.75 Å². The Bertz CT molecular complexity index is 410. The molecule has 104 valence electrons. The summed E-state index contributed by atoms with van der Waals surface area (Å²) in [6, 6.07) is 9.37. The van der Waals surface area contributed by atoms with E-state index >= 15 is 0 Å². The van der Waals surface area contributed by atoms with E-state index in [1.165, 1.54) is 4.90 Å². The molecule has 0 radical (unpaired) electrons. The third-order valence-electron chi connectivity index (χ3n) is 2.32. The van der Waals surface area contributed by atoms with Gasteiger partial charge in [0.25, 0.3) is 0 Å². The fourth-order valence-corrected chi connectivity index (χ4v) is 1.95. The molecular formula is C13H17NO4S. The quantitative estimate of drug-likeness (QED) is 0.780. The molecule has 0 unspecified atom stereocenters. The van der Waals surface area contributed by atoms with Crippen molar-refractivity contribution < 1.29 is 19.4 Å². The number of carbonyl (C=O) groups excluding carboxylic acids is 1. The van der Waals surface area contributed by atoms with Crippen LogP contribution in [0.25, 0.3) is 0 Å². The number of benzene rings is 1. The summed E-state index contributed by atoms with van der Waals surface area (Å²) < 4.78 is 5.47. The molecule has 5 nitrogen and oxygen atoms in total. The molecule has 1 aromatic carbocycles. The lowest BCUT2D eigenvalue weighted by Crippen LogP contribution is -2.32. The van der Waals surface area contributed by atoms with E-state index < -0.39 is 5.97 Å². The third-order valence-corrected chi connectivity index (χ3v) is 3.22. The van der Waals surface area contributed by atoms with E-state index in [9.17, 15) is 9.59 Å². The van der Waals surface area contributed by atoms with Crippen molar-refractivity contribution in [3.63, 3.8) is 0 Å². The van der Waals surface area contributed by atoms with Gasteiger partial charge < -0.3 is 14.7 Å². The molecule has 0 aliphatic rings. The van der Waals surface area contributed by atoms with E-state index in [4.69, 9.17) is 9.84 Å². The number of para-hydroxylation sites is 1. The van der Waals surface area contributed by atoms with E-state index in [1.807, 2.05) is 30.3 Å². The maximum atomic E-state index is 11.6. The number of rotatable bonds is 8. The molecule has 6 heteroatoms. The Hall–Kier alpha value is -1.69. The second kappa shape index (κ2) is 8.42. The predicted octanol–water partition coefficient (Wildman–Crippen LogP) is 1.34. The Kier molecular flexibility index (Phi) is 6.81. The topological polar surface area (TPSA) is 66.8 Å². The first-order valence-electron chi connectivity index (χ1n) is 5.81. The van der Waals surface area contributed by atoms with Crippen molar-refractivity contribution in [2.45, 2.75) is 0 Å². The van der Waals surface area contributed by atoms with Gasteiger partial charge in [-0.2, -0.15) is 0 Å². The summed E-state index contributed by atoms with van der Waals surface area (Å²) in [5.41, 5.74) is 0. The Balaban J connectivity index is 2.18. The number of thioether (sulfide) groups is 1. The van der Waals surface area contributed by atoms with Crippen molar-refractivity contribution in [2.75, 3.05) is 31.7 Å². The third kappa shape index (κ3) is 6.71. The van der Waals surface area contributed by atoms with Crippen molar-refractivity contribution in [3.05, 3.63) is 30.3 Å². The van der Waals surface area contributed by atoms with Gasteiger partial charge in [0.2, 0.25) is 5.91 Å². The molecular weight excluding hydrogens is 266 g/mol. The standard InChI is InChI=1S/C13H17NO4S/c1-14(12(15)9-19-10-13(16)17)7-8-18-11-5-3-2-4-6-11/h2-6H,7-10H2,1H3,(H,16,17). The summed E-state index contributed by atoms with van der Waals surface area (Å²) >= 11 is 1.10. The lowest BCUT2D eigenvalue weighted by molar-refractivity contribution is -0.133. The SMILES string of the molecule is CN(CCOc1ccccc1)C(=O)CSCC(=O)O. The van der Waals surface area contributed by atoms with Crippen LogP contribution in [0.2, 0.25) is 0 Å². The number of carbonyl (C=O) groups is 2. The molecule has 1 amide bonds. The molecule has 1 rings (SSSR count). The van der Waals surface area contributed by atoms with E-state index in [-0.39, 0.29) is 17.4 Å². The highest BCUT2D eigenvalue weighted by atomic mass is 32.2. The van der Waals surface area contributed by atoms with E-state index in [0.717, 1.165) is 17.5 Å². The smallest absolute Gasteiger partial charge is 0.313 e. The second-order valence-corrected chi connectivity index (χ2v) is 4.85. The second-order valence-electron chi connectivity index (χ2n) is 3.86. The first kappa shape index (κ1) is 15.4. The molecule has 19 heavy (non-hydrogen) atoms. The molecule has 1 aromatic rings. The summed E-state index contributed by atoms with van der Waals surface area (Å²) in [6.07, 6.45) is 0. The minimum absolute atomic E-state index is 0.0555. The van der Waals surface area contributed by atoms with Crippen molar-refractivity contribution >= 4 is 23.6 Å². The van der Waals surface area contributed by atoms with Crippen LogP contribution < -0.4 is 4.74 Å². The van der Waals surface area contributed by atoms with Gasteiger partial charge in [0.05, 0.1) is 18.1 Å². The zero-order valence-corrected chi connectivity index (χ0v) is 11.6. The molecule has 0 bridgehead atoms. The van der Waals surface area contributed by atoms with Crippen LogP contribution >= 0.6 is 11.8 Å². The maximum Gasteiger partial charge on any atom is 0.313 e. The van der Waals surface area contributed by atoms with Crippen LogP contribution in [0.1, 0.15) is 0 Å². The Morgan fingerprint density at radius 3 is 2.58 bits per heavy atom. The zero-order chi connectivity index (χ0) is 14.1. The number of carboxylic acids is 1. The van der Waals surface area contributed by atoms with E-state index in [1.54, 1.807) is 7.05 Å². The average molecular weight is 283 g/mol. The summed E-state index contributed by atoms with van der Waals surface area (Å²) in [7, 11) is 1.68. The first-order chi connectivity index (χ1) is 9.09. The van der Waals surface area contributed by atoms with Crippen molar-refractivity contribution in [1.82, 2.24) is 4.90 Å². The predicted molar refractivity (Wildman–Crippen MR) is 74.5 cm³/mol. The molecule has 0 aromatic heterocycles. The zero-order valence-electron chi connectivity index (χ0n) is 10.7. The van der Waals surface area contributed by atoms with Crippen LogP contribution in [0, 0.1) is 0 Å². The number of nitrogens with zero attached hydrogens (tertiary/aromatic N) is 1. The molecule has 1 N–H and O–H groups in total. The maximum absolute atomic E-state index is 11.6. The minimum Gasteiger partial charge on any atom is -0.492 e. The fraction of sp³-hybridized carbons (Fsp3) is 0.385. The number of ether oxygens (including phenoxy) is 1. The van der Waals surface area contributed by atoms with Crippen molar-refractivity contribution in [2.24, 2.45) is 0 Å². The van der Waals surface area contributed by atoms with Gasteiger partial charge in [-0.25, -0.2) is 0 Å². The monoisotopic (exact) mass is 283 g/mol. The first-order valence-corrected chi connectivity index (χ1v) is 6.96. The van der Waals surface area contributed by atoms with Crippen LogP contribution in [0.5, 0.6) is 5.75 Å². The highest BCUT2D eigenvalue weighted by Gasteiger charge is 2.09. The Morgan fingerprint density at radius 1 is 1.26 bits per heavy atom. The van der Waals surface area contributed by atoms with Gasteiger partial charge in [-0.3, -0.25) is 9.59 Å². The molecule has 0 saturated carbocycles. The minimum atomic E-state index is -0.909. The van der Waals surface area contributed by atoms with Gasteiger partial charge in [0, 0.05) is 7.05 Å².